The largest absolute Gasteiger partial charge is 0.444 e. The number of alkyl halides is 2. The SMILES string of the molecule is C[C@H]1CN(c2cc(Br)cc(Nc3nnc(C(F)F)s3)c2[N+](=O)[O-])CCN1C(=O)OC(C)(C)C. The van der Waals surface area contributed by atoms with Crippen molar-refractivity contribution in [2.45, 2.75) is 45.8 Å². The van der Waals surface area contributed by atoms with Gasteiger partial charge in [0.15, 0.2) is 5.01 Å². The third-order valence-corrected chi connectivity index (χ3v) is 6.01. The number of carbonyl (C=O) groups excluding carboxylic acids is 1. The average molecular weight is 549 g/mol. The van der Waals surface area contributed by atoms with Crippen LogP contribution in [0.25, 0.3) is 0 Å². The van der Waals surface area contributed by atoms with Crippen molar-refractivity contribution < 1.29 is 23.2 Å². The number of halogens is 3. The smallest absolute Gasteiger partial charge is 0.410 e. The molecule has 14 heteroatoms. The van der Waals surface area contributed by atoms with Crippen molar-refractivity contribution in [2.24, 2.45) is 0 Å². The Balaban J connectivity index is 1.87. The summed E-state index contributed by atoms with van der Waals surface area (Å²) in [5.74, 6) is 0. The van der Waals surface area contributed by atoms with E-state index >= 15 is 0 Å². The molecule has 10 nitrogen and oxygen atoms in total. The molecule has 0 radical (unpaired) electrons. The van der Waals surface area contributed by atoms with Crippen LogP contribution in [0.15, 0.2) is 16.6 Å². The Bertz CT molecular complexity index is 1050. The molecule has 0 bridgehead atoms. The Labute approximate surface area is 201 Å². The summed E-state index contributed by atoms with van der Waals surface area (Å²) in [5, 5.41) is 21.3. The van der Waals surface area contributed by atoms with Gasteiger partial charge in [-0.05, 0) is 39.8 Å². The number of hydrogen-bond acceptors (Lipinski definition) is 9. The fraction of sp³-hybridized carbons (Fsp3) is 0.526. The summed E-state index contributed by atoms with van der Waals surface area (Å²) in [7, 11) is 0. The Morgan fingerprint density at radius 2 is 2.06 bits per heavy atom. The van der Waals surface area contributed by atoms with Crippen LogP contribution >= 0.6 is 27.3 Å². The molecule has 0 aliphatic carbocycles. The number of nitrogens with one attached hydrogen (secondary N) is 1. The van der Waals surface area contributed by atoms with Gasteiger partial charge in [0.1, 0.15) is 17.0 Å². The highest BCUT2D eigenvalue weighted by atomic mass is 79.9. The van der Waals surface area contributed by atoms with Gasteiger partial charge in [-0.25, -0.2) is 13.6 Å². The highest BCUT2D eigenvalue weighted by molar-refractivity contribution is 9.10. The van der Waals surface area contributed by atoms with Gasteiger partial charge in [0.05, 0.1) is 4.92 Å². The summed E-state index contributed by atoms with van der Waals surface area (Å²) in [6, 6.07) is 2.83. The first kappa shape index (κ1) is 25.0. The summed E-state index contributed by atoms with van der Waals surface area (Å²) in [4.78, 5) is 27.4. The van der Waals surface area contributed by atoms with E-state index in [1.54, 1.807) is 31.7 Å². The van der Waals surface area contributed by atoms with E-state index in [4.69, 9.17) is 4.74 Å². The summed E-state index contributed by atoms with van der Waals surface area (Å²) in [5.41, 5.74) is -0.452. The summed E-state index contributed by atoms with van der Waals surface area (Å²) >= 11 is 3.98. The lowest BCUT2D eigenvalue weighted by Crippen LogP contribution is -2.55. The Hall–Kier alpha value is -2.61. The topological polar surface area (TPSA) is 114 Å². The predicted molar refractivity (Wildman–Crippen MR) is 124 cm³/mol. The first-order chi connectivity index (χ1) is 15.4. The Morgan fingerprint density at radius 3 is 2.61 bits per heavy atom. The minimum atomic E-state index is -2.78. The first-order valence-corrected chi connectivity index (χ1v) is 11.6. The molecule has 1 saturated heterocycles. The van der Waals surface area contributed by atoms with Crippen LogP contribution in [0.5, 0.6) is 0 Å². The minimum absolute atomic E-state index is 0.0144. The van der Waals surface area contributed by atoms with Gasteiger partial charge < -0.3 is 19.9 Å². The van der Waals surface area contributed by atoms with Crippen molar-refractivity contribution in [2.75, 3.05) is 29.9 Å². The molecular formula is C19H23BrF2N6O4S. The van der Waals surface area contributed by atoms with Crippen LogP contribution in [0.3, 0.4) is 0 Å². The predicted octanol–water partition coefficient (Wildman–Crippen LogP) is 5.34. The number of piperazine rings is 1. The molecule has 1 aliphatic heterocycles. The lowest BCUT2D eigenvalue weighted by atomic mass is 10.1. The first-order valence-electron chi connectivity index (χ1n) is 9.97. The second kappa shape index (κ2) is 9.71. The van der Waals surface area contributed by atoms with Crippen molar-refractivity contribution in [3.8, 4) is 0 Å². The molecule has 1 aliphatic rings. The zero-order chi connectivity index (χ0) is 24.5. The zero-order valence-electron chi connectivity index (χ0n) is 18.3. The number of nitrogens with zero attached hydrogens (tertiary/aromatic N) is 5. The summed E-state index contributed by atoms with van der Waals surface area (Å²) in [6.07, 6.45) is -3.22. The summed E-state index contributed by atoms with van der Waals surface area (Å²) < 4.78 is 31.7. The molecule has 1 aromatic carbocycles. The molecule has 33 heavy (non-hydrogen) atoms. The van der Waals surface area contributed by atoms with E-state index in [1.807, 2.05) is 11.8 Å². The molecule has 0 unspecified atom stereocenters. The standard InChI is InChI=1S/C19H23BrF2N6O4S/c1-10-9-26(5-6-27(10)18(29)32-19(2,3)4)13-8-11(20)7-12(14(13)28(30)31)23-17-25-24-16(33-17)15(21)22/h7-8,10,15H,5-6,9H2,1-4H3,(H,23,25)/t10-/m0/s1. The van der Waals surface area contributed by atoms with Crippen molar-refractivity contribution in [1.82, 2.24) is 15.1 Å². The van der Waals surface area contributed by atoms with Gasteiger partial charge in [0.25, 0.3) is 6.43 Å². The van der Waals surface area contributed by atoms with Gasteiger partial charge in [-0.3, -0.25) is 10.1 Å². The molecule has 0 saturated carbocycles. The lowest BCUT2D eigenvalue weighted by molar-refractivity contribution is -0.383. The van der Waals surface area contributed by atoms with Crippen LogP contribution in [0.4, 0.5) is 35.8 Å². The fourth-order valence-electron chi connectivity index (χ4n) is 3.37. The van der Waals surface area contributed by atoms with Crippen LogP contribution in [0, 0.1) is 10.1 Å². The molecule has 1 aromatic heterocycles. The normalized spacial score (nSPS) is 16.8. The van der Waals surface area contributed by atoms with Gasteiger partial charge in [-0.2, -0.15) is 0 Å². The number of benzene rings is 1. The Morgan fingerprint density at radius 1 is 1.36 bits per heavy atom. The zero-order valence-corrected chi connectivity index (χ0v) is 20.7. The number of nitro groups is 1. The van der Waals surface area contributed by atoms with Crippen molar-refractivity contribution in [3.05, 3.63) is 31.7 Å². The Kier molecular flexibility index (Phi) is 7.36. The highest BCUT2D eigenvalue weighted by Gasteiger charge is 2.34. The number of amides is 1. The molecule has 2 heterocycles. The molecule has 1 amide bonds. The van der Waals surface area contributed by atoms with E-state index in [2.05, 4.69) is 31.4 Å². The number of hydrogen-bond donors (Lipinski definition) is 1. The van der Waals surface area contributed by atoms with Crippen LogP contribution in [-0.2, 0) is 4.74 Å². The minimum Gasteiger partial charge on any atom is -0.444 e. The van der Waals surface area contributed by atoms with E-state index in [-0.39, 0.29) is 22.5 Å². The number of ether oxygens (including phenoxy) is 1. The third-order valence-electron chi connectivity index (χ3n) is 4.70. The van der Waals surface area contributed by atoms with Crippen LogP contribution in [-0.4, -0.2) is 57.4 Å². The van der Waals surface area contributed by atoms with E-state index in [9.17, 15) is 23.7 Å². The van der Waals surface area contributed by atoms with Gasteiger partial charge in [0.2, 0.25) is 5.13 Å². The molecular weight excluding hydrogens is 526 g/mol. The molecule has 1 N–H and O–H groups in total. The van der Waals surface area contributed by atoms with E-state index in [1.165, 1.54) is 6.07 Å². The van der Waals surface area contributed by atoms with Crippen LogP contribution < -0.4 is 10.2 Å². The number of aromatic nitrogens is 2. The second-order valence-electron chi connectivity index (χ2n) is 8.42. The molecule has 180 valence electrons. The van der Waals surface area contributed by atoms with Crippen molar-refractivity contribution in [3.63, 3.8) is 0 Å². The molecule has 1 atom stereocenters. The number of anilines is 3. The maximum atomic E-state index is 12.8. The summed E-state index contributed by atoms with van der Waals surface area (Å²) in [6.45, 7) is 8.19. The molecule has 3 rings (SSSR count). The molecule has 1 fully saturated rings. The van der Waals surface area contributed by atoms with Gasteiger partial charge in [-0.1, -0.05) is 27.3 Å². The average Bonchev–Trinajstić information content (AvgIpc) is 3.14. The van der Waals surface area contributed by atoms with E-state index in [0.717, 1.165) is 0 Å². The highest BCUT2D eigenvalue weighted by Crippen LogP contribution is 2.41. The van der Waals surface area contributed by atoms with Gasteiger partial charge in [0, 0.05) is 30.1 Å². The molecule has 2 aromatic rings. The van der Waals surface area contributed by atoms with Crippen molar-refractivity contribution in [1.29, 1.82) is 0 Å². The van der Waals surface area contributed by atoms with Crippen molar-refractivity contribution >= 4 is 55.6 Å². The maximum Gasteiger partial charge on any atom is 0.410 e. The number of nitro benzene ring substituents is 1. The van der Waals surface area contributed by atoms with E-state index < -0.39 is 28.1 Å². The van der Waals surface area contributed by atoms with Crippen LogP contribution in [0.1, 0.15) is 39.1 Å². The van der Waals surface area contributed by atoms with Gasteiger partial charge >= 0.3 is 11.8 Å². The lowest BCUT2D eigenvalue weighted by Gasteiger charge is -2.41. The maximum absolute atomic E-state index is 12.8. The quantitative estimate of drug-likeness (QED) is 0.393. The molecule has 0 spiro atoms. The second-order valence-corrected chi connectivity index (χ2v) is 10.3. The third kappa shape index (κ3) is 6.05. The van der Waals surface area contributed by atoms with E-state index in [0.29, 0.717) is 41.1 Å². The van der Waals surface area contributed by atoms with Gasteiger partial charge in [-0.15, -0.1) is 10.2 Å². The van der Waals surface area contributed by atoms with Crippen LogP contribution in [0.2, 0.25) is 0 Å². The fourth-order valence-corrected chi connectivity index (χ4v) is 4.43. The number of carbonyl (C=O) groups is 1. The monoisotopic (exact) mass is 548 g/mol. The number of rotatable bonds is 5.